The first kappa shape index (κ1) is 25.5. The molecule has 1 rings (SSSR count). The van der Waals surface area contributed by atoms with Gasteiger partial charge in [0.1, 0.15) is 5.60 Å². The third kappa shape index (κ3) is 11.3. The predicted molar refractivity (Wildman–Crippen MR) is 119 cm³/mol. The second-order valence-electron chi connectivity index (χ2n) is 8.57. The molecule has 2 N–H and O–H groups in total. The van der Waals surface area contributed by atoms with Crippen molar-refractivity contribution in [3.8, 4) is 0 Å². The maximum atomic E-state index is 12.4. The van der Waals surface area contributed by atoms with E-state index in [1.54, 1.807) is 19.1 Å². The van der Waals surface area contributed by atoms with Crippen LogP contribution in [0.1, 0.15) is 53.4 Å². The van der Waals surface area contributed by atoms with Crippen LogP contribution >= 0.6 is 0 Å². The molecule has 1 heterocycles. The number of hydrogen-bond acceptors (Lipinski definition) is 5. The molecule has 1 saturated heterocycles. The molecule has 1 amide bonds. The van der Waals surface area contributed by atoms with Crippen LogP contribution in [0.3, 0.4) is 0 Å². The van der Waals surface area contributed by atoms with Crippen LogP contribution in [-0.4, -0.2) is 93.5 Å². The molecule has 170 valence electrons. The summed E-state index contributed by atoms with van der Waals surface area (Å²) in [6, 6.07) is 0.428. The maximum Gasteiger partial charge on any atom is 0.410 e. The third-order valence-electron chi connectivity index (χ3n) is 4.79. The van der Waals surface area contributed by atoms with E-state index in [-0.39, 0.29) is 6.09 Å². The zero-order valence-corrected chi connectivity index (χ0v) is 19.4. The van der Waals surface area contributed by atoms with E-state index in [2.05, 4.69) is 27.4 Å². The largest absolute Gasteiger partial charge is 0.444 e. The van der Waals surface area contributed by atoms with Crippen LogP contribution < -0.4 is 10.6 Å². The predicted octanol–water partition coefficient (Wildman–Crippen LogP) is 2.30. The summed E-state index contributed by atoms with van der Waals surface area (Å²) in [7, 11) is 3.54. The van der Waals surface area contributed by atoms with Gasteiger partial charge in [-0.25, -0.2) is 4.79 Å². The van der Waals surface area contributed by atoms with E-state index < -0.39 is 5.60 Å². The summed E-state index contributed by atoms with van der Waals surface area (Å²) >= 11 is 0. The number of amides is 1. The van der Waals surface area contributed by atoms with E-state index in [4.69, 9.17) is 9.47 Å². The van der Waals surface area contributed by atoms with Crippen LogP contribution in [0.2, 0.25) is 0 Å². The van der Waals surface area contributed by atoms with Crippen molar-refractivity contribution in [3.05, 3.63) is 0 Å². The number of nitrogens with one attached hydrogen (secondary N) is 2. The summed E-state index contributed by atoms with van der Waals surface area (Å²) in [6.45, 7) is 13.8. The Bertz CT molecular complexity index is 485. The molecule has 0 unspecified atom stereocenters. The Balaban J connectivity index is 2.35. The topological polar surface area (TPSA) is 78.4 Å². The highest BCUT2D eigenvalue weighted by Crippen LogP contribution is 2.11. The van der Waals surface area contributed by atoms with Gasteiger partial charge in [-0.2, -0.15) is 0 Å². The Hall–Kier alpha value is -1.54. The molecule has 0 aliphatic carbocycles. The lowest BCUT2D eigenvalue weighted by atomic mass is 10.1. The summed E-state index contributed by atoms with van der Waals surface area (Å²) in [5.74, 6) is 0.795. The molecule has 29 heavy (non-hydrogen) atoms. The number of ether oxygens (including phenoxy) is 2. The fraction of sp³-hybridized carbons (Fsp3) is 0.905. The molecule has 1 aliphatic heterocycles. The quantitative estimate of drug-likeness (QED) is 0.325. The number of likely N-dealkylation sites (tertiary alicyclic amines) is 1. The van der Waals surface area contributed by atoms with Gasteiger partial charge in [0.05, 0.1) is 0 Å². The number of nitrogens with zero attached hydrogens (tertiary/aromatic N) is 3. The second-order valence-corrected chi connectivity index (χ2v) is 8.57. The van der Waals surface area contributed by atoms with Gasteiger partial charge in [0, 0.05) is 66.1 Å². The van der Waals surface area contributed by atoms with Crippen LogP contribution in [0.4, 0.5) is 4.79 Å². The summed E-state index contributed by atoms with van der Waals surface area (Å²) < 4.78 is 10.6. The van der Waals surface area contributed by atoms with Crippen molar-refractivity contribution >= 4 is 12.1 Å². The van der Waals surface area contributed by atoms with Crippen LogP contribution in [0.15, 0.2) is 4.99 Å². The molecule has 0 aromatic rings. The van der Waals surface area contributed by atoms with Gasteiger partial charge in [0.2, 0.25) is 0 Å². The minimum atomic E-state index is -0.480. The van der Waals surface area contributed by atoms with E-state index in [9.17, 15) is 4.79 Å². The lowest BCUT2D eigenvalue weighted by Gasteiger charge is -2.33. The highest BCUT2D eigenvalue weighted by Gasteiger charge is 2.22. The molecule has 0 spiro atoms. The van der Waals surface area contributed by atoms with E-state index in [0.717, 1.165) is 57.9 Å². The Morgan fingerprint density at radius 3 is 2.48 bits per heavy atom. The van der Waals surface area contributed by atoms with Gasteiger partial charge in [-0.3, -0.25) is 4.99 Å². The SMILES string of the molecule is CCCN(CCNC(=NC)NC1CCN(CCCOC)CC1)C(=O)OC(C)(C)C. The van der Waals surface area contributed by atoms with Crippen molar-refractivity contribution in [1.82, 2.24) is 20.4 Å². The lowest BCUT2D eigenvalue weighted by Crippen LogP contribution is -2.50. The number of rotatable bonds is 10. The molecule has 0 saturated carbocycles. The molecule has 0 atom stereocenters. The number of guanidine groups is 1. The van der Waals surface area contributed by atoms with Gasteiger partial charge in [-0.1, -0.05) is 6.92 Å². The van der Waals surface area contributed by atoms with Crippen molar-refractivity contribution in [1.29, 1.82) is 0 Å². The van der Waals surface area contributed by atoms with Gasteiger partial charge >= 0.3 is 6.09 Å². The van der Waals surface area contributed by atoms with Gasteiger partial charge in [0.25, 0.3) is 0 Å². The summed E-state index contributed by atoms with van der Waals surface area (Å²) in [5, 5.41) is 6.86. The number of methoxy groups -OCH3 is 1. The smallest absolute Gasteiger partial charge is 0.410 e. The highest BCUT2D eigenvalue weighted by atomic mass is 16.6. The number of aliphatic imine (C=N–C) groups is 1. The molecule has 8 nitrogen and oxygen atoms in total. The third-order valence-corrected chi connectivity index (χ3v) is 4.79. The van der Waals surface area contributed by atoms with Gasteiger partial charge < -0.3 is 29.9 Å². The summed E-state index contributed by atoms with van der Waals surface area (Å²) in [6.07, 6.45) is 3.94. The molecule has 1 fully saturated rings. The zero-order chi connectivity index (χ0) is 21.7. The lowest BCUT2D eigenvalue weighted by molar-refractivity contribution is 0.0253. The van der Waals surface area contributed by atoms with E-state index in [1.807, 2.05) is 20.8 Å². The van der Waals surface area contributed by atoms with E-state index >= 15 is 0 Å². The normalized spacial score (nSPS) is 16.6. The van der Waals surface area contributed by atoms with Crippen molar-refractivity contribution in [2.75, 3.05) is 60.0 Å². The first-order chi connectivity index (χ1) is 13.8. The first-order valence-electron chi connectivity index (χ1n) is 11.0. The molecule has 0 bridgehead atoms. The molecule has 0 aromatic heterocycles. The van der Waals surface area contributed by atoms with Crippen molar-refractivity contribution in [2.24, 2.45) is 4.99 Å². The minimum Gasteiger partial charge on any atom is -0.444 e. The fourth-order valence-corrected chi connectivity index (χ4v) is 3.32. The van der Waals surface area contributed by atoms with Gasteiger partial charge in [0.15, 0.2) is 5.96 Å². The van der Waals surface area contributed by atoms with Crippen LogP contribution in [0.5, 0.6) is 0 Å². The van der Waals surface area contributed by atoms with Gasteiger partial charge in [-0.15, -0.1) is 0 Å². The molecule has 8 heteroatoms. The molecular weight excluding hydrogens is 370 g/mol. The molecule has 0 radical (unpaired) electrons. The standard InChI is InChI=1S/C21H43N5O3/c1-7-12-26(20(27)29-21(2,3)4)16-11-23-19(22-5)24-18-9-14-25(15-10-18)13-8-17-28-6/h18H,7-17H2,1-6H3,(H2,22,23,24). The average Bonchev–Trinajstić information content (AvgIpc) is 2.66. The second kappa shape index (κ2) is 13.6. The maximum absolute atomic E-state index is 12.4. The van der Waals surface area contributed by atoms with Crippen molar-refractivity contribution in [2.45, 2.75) is 65.0 Å². The number of piperidine rings is 1. The minimum absolute atomic E-state index is 0.259. The van der Waals surface area contributed by atoms with E-state index in [0.29, 0.717) is 25.7 Å². The highest BCUT2D eigenvalue weighted by molar-refractivity contribution is 5.80. The number of hydrogen-bond donors (Lipinski definition) is 2. The first-order valence-corrected chi connectivity index (χ1v) is 11.0. The number of carbonyl (C=O) groups excluding carboxylic acids is 1. The molecular formula is C21H43N5O3. The Kier molecular flexibility index (Phi) is 12.0. The number of carbonyl (C=O) groups is 1. The molecule has 1 aliphatic rings. The monoisotopic (exact) mass is 413 g/mol. The van der Waals surface area contributed by atoms with Crippen molar-refractivity contribution in [3.63, 3.8) is 0 Å². The fourth-order valence-electron chi connectivity index (χ4n) is 3.32. The summed E-state index contributed by atoms with van der Waals surface area (Å²) in [4.78, 5) is 20.9. The Morgan fingerprint density at radius 2 is 1.93 bits per heavy atom. The van der Waals surface area contributed by atoms with Crippen LogP contribution in [-0.2, 0) is 9.47 Å². The Morgan fingerprint density at radius 1 is 1.24 bits per heavy atom. The van der Waals surface area contributed by atoms with Crippen molar-refractivity contribution < 1.29 is 14.3 Å². The van der Waals surface area contributed by atoms with Crippen LogP contribution in [0.25, 0.3) is 0 Å². The molecule has 0 aromatic carbocycles. The summed E-state index contributed by atoms with van der Waals surface area (Å²) in [5.41, 5.74) is -0.480. The van der Waals surface area contributed by atoms with Crippen LogP contribution in [0, 0.1) is 0 Å². The zero-order valence-electron chi connectivity index (χ0n) is 19.4. The average molecular weight is 414 g/mol. The van der Waals surface area contributed by atoms with Gasteiger partial charge in [-0.05, 0) is 46.5 Å². The van der Waals surface area contributed by atoms with E-state index in [1.165, 1.54) is 0 Å². The Labute approximate surface area is 177 Å².